The fourth-order valence-corrected chi connectivity index (χ4v) is 2.78. The van der Waals surface area contributed by atoms with Crippen molar-refractivity contribution in [2.45, 2.75) is 19.8 Å². The van der Waals surface area contributed by atoms with Gasteiger partial charge in [-0.25, -0.2) is 0 Å². The summed E-state index contributed by atoms with van der Waals surface area (Å²) in [5, 5.41) is 21.6. The van der Waals surface area contributed by atoms with Gasteiger partial charge >= 0.3 is 0 Å². The molecule has 0 heterocycles. The number of hydrogen-bond donors (Lipinski definition) is 1. The highest BCUT2D eigenvalue weighted by Crippen LogP contribution is 2.37. The Morgan fingerprint density at radius 2 is 1.62 bits per heavy atom. The fraction of sp³-hybridized carbons (Fsp3) is 0.278. The number of phenolic OH excluding ortho intramolecular Hbond substituents is 1. The Kier molecular flexibility index (Phi) is 5.52. The van der Waals surface area contributed by atoms with Crippen LogP contribution >= 0.6 is 0 Å². The first-order valence-corrected chi connectivity index (χ1v) is 7.81. The molecule has 2 aromatic rings. The van der Waals surface area contributed by atoms with Gasteiger partial charge in [0.2, 0.25) is 5.91 Å². The van der Waals surface area contributed by atoms with E-state index < -0.39 is 10.8 Å². The number of likely N-dealkylation sites (N-methyl/N-ethyl adjacent to an activating group) is 1. The van der Waals surface area contributed by atoms with Gasteiger partial charge in [-0.05, 0) is 19.9 Å². The van der Waals surface area contributed by atoms with Gasteiger partial charge in [-0.3, -0.25) is 14.9 Å². The molecule has 126 valence electrons. The summed E-state index contributed by atoms with van der Waals surface area (Å²) < 4.78 is 0. The maximum atomic E-state index is 13.0. The molecule has 0 aliphatic carbocycles. The van der Waals surface area contributed by atoms with Crippen molar-refractivity contribution in [1.29, 1.82) is 0 Å². The number of hydrogen-bond acceptors (Lipinski definition) is 4. The Labute approximate surface area is 140 Å². The molecule has 0 saturated carbocycles. The van der Waals surface area contributed by atoms with Crippen molar-refractivity contribution >= 4 is 11.6 Å². The Bertz CT molecular complexity index is 741. The molecule has 1 atom stereocenters. The molecule has 24 heavy (non-hydrogen) atoms. The number of aromatic hydroxyl groups is 1. The lowest BCUT2D eigenvalue weighted by Gasteiger charge is -2.26. The summed E-state index contributed by atoms with van der Waals surface area (Å²) in [4.78, 5) is 25.5. The molecule has 0 aliphatic rings. The van der Waals surface area contributed by atoms with Gasteiger partial charge in [0, 0.05) is 30.3 Å². The zero-order valence-corrected chi connectivity index (χ0v) is 13.7. The van der Waals surface area contributed by atoms with Gasteiger partial charge in [-0.2, -0.15) is 0 Å². The van der Waals surface area contributed by atoms with Crippen LogP contribution in [0.25, 0.3) is 0 Å². The number of nitro groups is 1. The van der Waals surface area contributed by atoms with Crippen LogP contribution in [0.15, 0.2) is 48.5 Å². The molecule has 1 N–H and O–H groups in total. The van der Waals surface area contributed by atoms with Crippen molar-refractivity contribution in [2.75, 3.05) is 13.1 Å². The first-order chi connectivity index (χ1) is 11.5. The quantitative estimate of drug-likeness (QED) is 0.651. The normalized spacial score (nSPS) is 11.8. The van der Waals surface area contributed by atoms with Crippen LogP contribution < -0.4 is 0 Å². The smallest absolute Gasteiger partial charge is 0.273 e. The lowest BCUT2D eigenvalue weighted by Crippen LogP contribution is -2.35. The van der Waals surface area contributed by atoms with Crippen LogP contribution in [0.4, 0.5) is 5.69 Å². The van der Waals surface area contributed by atoms with E-state index in [1.165, 1.54) is 12.1 Å². The van der Waals surface area contributed by atoms with Crippen molar-refractivity contribution < 1.29 is 14.8 Å². The molecule has 0 aromatic heterocycles. The number of nitrogens with zero attached hydrogens (tertiary/aromatic N) is 2. The molecule has 0 radical (unpaired) electrons. The van der Waals surface area contributed by atoms with Crippen LogP contribution in [-0.2, 0) is 4.79 Å². The van der Waals surface area contributed by atoms with Gasteiger partial charge in [0.25, 0.3) is 5.69 Å². The van der Waals surface area contributed by atoms with Crippen molar-refractivity contribution in [1.82, 2.24) is 4.90 Å². The predicted octanol–water partition coefficient (Wildman–Crippen LogP) is 3.30. The summed E-state index contributed by atoms with van der Waals surface area (Å²) in [7, 11) is 0. The molecule has 0 bridgehead atoms. The van der Waals surface area contributed by atoms with Gasteiger partial charge in [-0.15, -0.1) is 0 Å². The predicted molar refractivity (Wildman–Crippen MR) is 91.0 cm³/mol. The second-order valence-corrected chi connectivity index (χ2v) is 5.32. The number of carbonyl (C=O) groups is 1. The lowest BCUT2D eigenvalue weighted by atomic mass is 9.88. The van der Waals surface area contributed by atoms with Gasteiger partial charge in [0.1, 0.15) is 5.75 Å². The first-order valence-electron chi connectivity index (χ1n) is 7.81. The van der Waals surface area contributed by atoms with E-state index in [0.29, 0.717) is 18.7 Å². The highest BCUT2D eigenvalue weighted by molar-refractivity contribution is 5.89. The molecule has 0 saturated heterocycles. The number of carbonyl (C=O) groups excluding carboxylic acids is 1. The van der Waals surface area contributed by atoms with Gasteiger partial charge in [0.05, 0.1) is 10.8 Å². The van der Waals surface area contributed by atoms with Gasteiger partial charge < -0.3 is 10.0 Å². The number of benzene rings is 2. The minimum absolute atomic E-state index is 0.0545. The zero-order valence-electron chi connectivity index (χ0n) is 13.7. The number of nitro benzene ring substituents is 1. The molecular weight excluding hydrogens is 308 g/mol. The summed E-state index contributed by atoms with van der Waals surface area (Å²) in [5.41, 5.74) is 0.510. The maximum absolute atomic E-state index is 13.0. The van der Waals surface area contributed by atoms with Gasteiger partial charge in [0.15, 0.2) is 0 Å². The summed E-state index contributed by atoms with van der Waals surface area (Å²) >= 11 is 0. The molecular formula is C18H20N2O4. The van der Waals surface area contributed by atoms with Crippen LogP contribution in [0.1, 0.15) is 30.9 Å². The highest BCUT2D eigenvalue weighted by atomic mass is 16.6. The fourth-order valence-electron chi connectivity index (χ4n) is 2.78. The van der Waals surface area contributed by atoms with Crippen molar-refractivity contribution in [3.05, 3.63) is 69.8 Å². The molecule has 6 nitrogen and oxygen atoms in total. The minimum atomic E-state index is -0.923. The number of phenols is 1. The number of amides is 1. The van der Waals surface area contributed by atoms with E-state index in [9.17, 15) is 20.0 Å². The van der Waals surface area contributed by atoms with E-state index >= 15 is 0 Å². The largest absolute Gasteiger partial charge is 0.508 e. The molecule has 1 amide bonds. The van der Waals surface area contributed by atoms with E-state index in [4.69, 9.17) is 0 Å². The molecule has 0 fully saturated rings. The number of rotatable bonds is 6. The average Bonchev–Trinajstić information content (AvgIpc) is 2.58. The second-order valence-electron chi connectivity index (χ2n) is 5.32. The van der Waals surface area contributed by atoms with E-state index in [1.54, 1.807) is 41.3 Å². The molecule has 6 heteroatoms. The molecule has 2 aromatic carbocycles. The zero-order chi connectivity index (χ0) is 17.7. The average molecular weight is 328 g/mol. The van der Waals surface area contributed by atoms with Crippen molar-refractivity contribution in [3.8, 4) is 5.75 Å². The van der Waals surface area contributed by atoms with Crippen LogP contribution in [0.3, 0.4) is 0 Å². The monoisotopic (exact) mass is 328 g/mol. The van der Waals surface area contributed by atoms with E-state index in [-0.39, 0.29) is 22.9 Å². The van der Waals surface area contributed by atoms with Crippen LogP contribution in [0.2, 0.25) is 0 Å². The Hall–Kier alpha value is -2.89. The molecule has 0 spiro atoms. The number of para-hydroxylation sites is 2. The molecule has 2 rings (SSSR count). The summed E-state index contributed by atoms with van der Waals surface area (Å²) in [6.45, 7) is 4.67. The van der Waals surface area contributed by atoms with Crippen molar-refractivity contribution in [2.24, 2.45) is 0 Å². The Morgan fingerprint density at radius 3 is 2.17 bits per heavy atom. The maximum Gasteiger partial charge on any atom is 0.273 e. The SMILES string of the molecule is CCN(CC)C(=O)C(c1ccccc1O)c1ccccc1[N+](=O)[O-]. The standard InChI is InChI=1S/C18H20N2O4/c1-3-19(4-2)18(22)17(14-10-6-8-12-16(14)21)13-9-5-7-11-15(13)20(23)24/h5-12,17,21H,3-4H2,1-2H3. The highest BCUT2D eigenvalue weighted by Gasteiger charge is 2.33. The van der Waals surface area contributed by atoms with Gasteiger partial charge in [-0.1, -0.05) is 36.4 Å². The van der Waals surface area contributed by atoms with Crippen molar-refractivity contribution in [3.63, 3.8) is 0 Å². The summed E-state index contributed by atoms with van der Waals surface area (Å²) in [6.07, 6.45) is 0. The molecule has 0 aliphatic heterocycles. The lowest BCUT2D eigenvalue weighted by molar-refractivity contribution is -0.385. The summed E-state index contributed by atoms with van der Waals surface area (Å²) in [6, 6.07) is 12.6. The van der Waals surface area contributed by atoms with E-state index in [1.807, 2.05) is 13.8 Å². The molecule has 1 unspecified atom stereocenters. The van der Waals surface area contributed by atoms with E-state index in [2.05, 4.69) is 0 Å². The minimum Gasteiger partial charge on any atom is -0.508 e. The van der Waals surface area contributed by atoms with Crippen LogP contribution in [0, 0.1) is 10.1 Å². The topological polar surface area (TPSA) is 83.7 Å². The summed E-state index contributed by atoms with van der Waals surface area (Å²) in [5.74, 6) is -1.25. The van der Waals surface area contributed by atoms with Crippen LogP contribution in [0.5, 0.6) is 5.75 Å². The second kappa shape index (κ2) is 7.59. The Balaban J connectivity index is 2.67. The first kappa shape index (κ1) is 17.5. The van der Waals surface area contributed by atoms with E-state index in [0.717, 1.165) is 0 Å². The Morgan fingerprint density at radius 1 is 1.08 bits per heavy atom. The van der Waals surface area contributed by atoms with Crippen LogP contribution in [-0.4, -0.2) is 33.9 Å². The third-order valence-electron chi connectivity index (χ3n) is 4.01. The third kappa shape index (κ3) is 3.37. The third-order valence-corrected chi connectivity index (χ3v) is 4.01.